The predicted molar refractivity (Wildman–Crippen MR) is 63.5 cm³/mol. The van der Waals surface area contributed by atoms with E-state index < -0.39 is 0 Å². The molecule has 0 bridgehead atoms. The number of hydrogen-bond acceptors (Lipinski definition) is 3. The summed E-state index contributed by atoms with van der Waals surface area (Å²) in [6, 6.07) is 0. The summed E-state index contributed by atoms with van der Waals surface area (Å²) in [7, 11) is 0. The molecule has 1 heterocycles. The Morgan fingerprint density at radius 3 is 3.00 bits per heavy atom. The Kier molecular flexibility index (Phi) is 5.49. The maximum atomic E-state index is 4.06. The van der Waals surface area contributed by atoms with Gasteiger partial charge in [0.1, 0.15) is 0 Å². The number of thiazole rings is 1. The van der Waals surface area contributed by atoms with Crippen LogP contribution in [0, 0.1) is 0 Å². The molecule has 0 saturated carbocycles. The van der Waals surface area contributed by atoms with Crippen molar-refractivity contribution in [2.45, 2.75) is 26.7 Å². The van der Waals surface area contributed by atoms with Crippen molar-refractivity contribution in [1.29, 1.82) is 0 Å². The van der Waals surface area contributed by atoms with Gasteiger partial charge in [-0.05, 0) is 25.5 Å². The largest absolute Gasteiger partial charge is 0.313 e. The van der Waals surface area contributed by atoms with Crippen molar-refractivity contribution in [3.05, 3.63) is 22.2 Å². The van der Waals surface area contributed by atoms with E-state index in [1.807, 2.05) is 11.7 Å². The first-order valence-corrected chi connectivity index (χ1v) is 6.03. The highest BCUT2D eigenvalue weighted by Crippen LogP contribution is 2.12. The van der Waals surface area contributed by atoms with Crippen LogP contribution in [0.5, 0.6) is 0 Å². The van der Waals surface area contributed by atoms with Crippen molar-refractivity contribution in [3.8, 4) is 0 Å². The van der Waals surface area contributed by atoms with Gasteiger partial charge in [0.05, 0.1) is 5.51 Å². The van der Waals surface area contributed by atoms with Crippen molar-refractivity contribution in [2.75, 3.05) is 13.1 Å². The minimum absolute atomic E-state index is 1.00. The second-order valence-corrected chi connectivity index (χ2v) is 4.15. The highest BCUT2D eigenvalue weighted by Gasteiger charge is 1.95. The highest BCUT2D eigenvalue weighted by molar-refractivity contribution is 7.10. The van der Waals surface area contributed by atoms with Crippen LogP contribution in [0.2, 0.25) is 0 Å². The second-order valence-electron chi connectivity index (χ2n) is 3.24. The maximum absolute atomic E-state index is 4.06. The van der Waals surface area contributed by atoms with Crippen LogP contribution in [-0.2, 0) is 0 Å². The number of nitrogens with one attached hydrogen (secondary N) is 1. The van der Waals surface area contributed by atoms with Crippen LogP contribution in [0.25, 0.3) is 6.08 Å². The third-order valence-electron chi connectivity index (χ3n) is 2.03. The van der Waals surface area contributed by atoms with E-state index >= 15 is 0 Å². The SMILES string of the molecule is CCCNCC(=Cc1cncs1)CC. The van der Waals surface area contributed by atoms with E-state index in [9.17, 15) is 0 Å². The first-order valence-electron chi connectivity index (χ1n) is 5.15. The van der Waals surface area contributed by atoms with Gasteiger partial charge in [-0.3, -0.25) is 4.98 Å². The van der Waals surface area contributed by atoms with Crippen LogP contribution in [0.3, 0.4) is 0 Å². The first kappa shape index (κ1) is 11.4. The molecular weight excluding hydrogens is 192 g/mol. The summed E-state index contributed by atoms with van der Waals surface area (Å²) in [5, 5.41) is 3.41. The minimum atomic E-state index is 1.00. The van der Waals surface area contributed by atoms with Crippen LogP contribution in [0.1, 0.15) is 31.6 Å². The average Bonchev–Trinajstić information content (AvgIpc) is 2.69. The van der Waals surface area contributed by atoms with Crippen molar-refractivity contribution < 1.29 is 0 Å². The lowest BCUT2D eigenvalue weighted by molar-refractivity contribution is 0.706. The zero-order valence-electron chi connectivity index (χ0n) is 8.92. The van der Waals surface area contributed by atoms with Gasteiger partial charge in [0.2, 0.25) is 0 Å². The lowest BCUT2D eigenvalue weighted by Gasteiger charge is -2.05. The summed E-state index contributed by atoms with van der Waals surface area (Å²) in [6.45, 7) is 6.48. The zero-order chi connectivity index (χ0) is 10.2. The molecule has 0 saturated heterocycles. The van der Waals surface area contributed by atoms with E-state index in [4.69, 9.17) is 0 Å². The molecule has 0 radical (unpaired) electrons. The van der Waals surface area contributed by atoms with Gasteiger partial charge in [0.25, 0.3) is 0 Å². The fourth-order valence-corrected chi connectivity index (χ4v) is 1.80. The fraction of sp³-hybridized carbons (Fsp3) is 0.545. The van der Waals surface area contributed by atoms with Crippen LogP contribution in [0.4, 0.5) is 0 Å². The quantitative estimate of drug-likeness (QED) is 0.730. The van der Waals surface area contributed by atoms with Gasteiger partial charge in [-0.2, -0.15) is 0 Å². The number of hydrogen-bond donors (Lipinski definition) is 1. The van der Waals surface area contributed by atoms with Crippen molar-refractivity contribution >= 4 is 17.4 Å². The monoisotopic (exact) mass is 210 g/mol. The summed E-state index contributed by atoms with van der Waals surface area (Å²) in [6.07, 6.45) is 6.45. The summed E-state index contributed by atoms with van der Waals surface area (Å²) >= 11 is 1.69. The van der Waals surface area contributed by atoms with E-state index in [-0.39, 0.29) is 0 Å². The Labute approximate surface area is 90.1 Å². The van der Waals surface area contributed by atoms with Gasteiger partial charge >= 0.3 is 0 Å². The van der Waals surface area contributed by atoms with Gasteiger partial charge < -0.3 is 5.32 Å². The van der Waals surface area contributed by atoms with E-state index in [1.54, 1.807) is 11.3 Å². The van der Waals surface area contributed by atoms with Gasteiger partial charge in [0, 0.05) is 17.6 Å². The van der Waals surface area contributed by atoms with E-state index in [0.29, 0.717) is 0 Å². The molecule has 1 N–H and O–H groups in total. The third kappa shape index (κ3) is 4.03. The molecule has 0 aliphatic rings. The molecule has 0 atom stereocenters. The molecule has 0 aliphatic carbocycles. The first-order chi connectivity index (χ1) is 6.86. The maximum Gasteiger partial charge on any atom is 0.0797 e. The van der Waals surface area contributed by atoms with Gasteiger partial charge in [0.15, 0.2) is 0 Å². The van der Waals surface area contributed by atoms with Crippen molar-refractivity contribution in [3.63, 3.8) is 0 Å². The molecule has 0 aromatic carbocycles. The lowest BCUT2D eigenvalue weighted by Crippen LogP contribution is -2.17. The van der Waals surface area contributed by atoms with Crippen LogP contribution in [0.15, 0.2) is 17.3 Å². The predicted octanol–water partition coefficient (Wildman–Crippen LogP) is 2.94. The molecule has 1 aromatic heterocycles. The summed E-state index contributed by atoms with van der Waals surface area (Å²) in [5.74, 6) is 0. The Morgan fingerprint density at radius 1 is 1.57 bits per heavy atom. The Morgan fingerprint density at radius 2 is 2.43 bits per heavy atom. The van der Waals surface area contributed by atoms with E-state index in [2.05, 4.69) is 30.2 Å². The smallest absolute Gasteiger partial charge is 0.0797 e. The fourth-order valence-electron chi connectivity index (χ4n) is 1.20. The number of nitrogens with zero attached hydrogens (tertiary/aromatic N) is 1. The molecular formula is C11H18N2S. The number of rotatable bonds is 6. The van der Waals surface area contributed by atoms with Crippen molar-refractivity contribution in [1.82, 2.24) is 10.3 Å². The summed E-state index contributed by atoms with van der Waals surface area (Å²) < 4.78 is 0. The zero-order valence-corrected chi connectivity index (χ0v) is 9.73. The molecule has 0 unspecified atom stereocenters. The van der Waals surface area contributed by atoms with Gasteiger partial charge in [-0.1, -0.05) is 19.4 Å². The topological polar surface area (TPSA) is 24.9 Å². The molecule has 0 aliphatic heterocycles. The second kappa shape index (κ2) is 6.74. The molecule has 14 heavy (non-hydrogen) atoms. The lowest BCUT2D eigenvalue weighted by atomic mass is 10.2. The molecule has 0 amide bonds. The summed E-state index contributed by atoms with van der Waals surface area (Å²) in [4.78, 5) is 5.31. The Balaban J connectivity index is 2.45. The van der Waals surface area contributed by atoms with E-state index in [1.165, 1.54) is 16.9 Å². The molecule has 2 nitrogen and oxygen atoms in total. The molecule has 0 fully saturated rings. The molecule has 3 heteroatoms. The highest BCUT2D eigenvalue weighted by atomic mass is 32.1. The van der Waals surface area contributed by atoms with Crippen LogP contribution in [-0.4, -0.2) is 18.1 Å². The van der Waals surface area contributed by atoms with Crippen LogP contribution >= 0.6 is 11.3 Å². The minimum Gasteiger partial charge on any atom is -0.313 e. The normalized spacial score (nSPS) is 12.0. The van der Waals surface area contributed by atoms with Crippen molar-refractivity contribution in [2.24, 2.45) is 0 Å². The Bertz CT molecular complexity index is 265. The van der Waals surface area contributed by atoms with Crippen LogP contribution < -0.4 is 5.32 Å². The average molecular weight is 210 g/mol. The molecule has 1 rings (SSSR count). The molecule has 0 spiro atoms. The third-order valence-corrected chi connectivity index (χ3v) is 2.75. The number of aromatic nitrogens is 1. The van der Waals surface area contributed by atoms with Gasteiger partial charge in [-0.15, -0.1) is 11.3 Å². The van der Waals surface area contributed by atoms with E-state index in [0.717, 1.165) is 19.5 Å². The summed E-state index contributed by atoms with van der Waals surface area (Å²) in [5.41, 5.74) is 3.32. The molecule has 1 aromatic rings. The standard InChI is InChI=1S/C11H18N2S/c1-3-5-12-7-10(4-2)6-11-8-13-9-14-11/h6,8-9,12H,3-5,7H2,1-2H3. The van der Waals surface area contributed by atoms with Gasteiger partial charge in [-0.25, -0.2) is 0 Å². The molecule has 78 valence electrons. The Hall–Kier alpha value is -0.670.